The third kappa shape index (κ3) is 4.03. The number of carbonyl (C=O) groups is 4. The molecule has 1 aliphatic heterocycles. The zero-order valence-electron chi connectivity index (χ0n) is 15.9. The molecule has 3 rings (SSSR count). The third-order valence-corrected chi connectivity index (χ3v) is 4.42. The highest BCUT2D eigenvalue weighted by atomic mass is 16.5. The Labute approximate surface area is 167 Å². The van der Waals surface area contributed by atoms with Gasteiger partial charge in [0.1, 0.15) is 5.54 Å². The van der Waals surface area contributed by atoms with Gasteiger partial charge in [-0.25, -0.2) is 9.59 Å². The van der Waals surface area contributed by atoms with Gasteiger partial charge in [0.2, 0.25) is 0 Å². The van der Waals surface area contributed by atoms with E-state index < -0.39 is 29.5 Å². The zero-order valence-corrected chi connectivity index (χ0v) is 15.9. The van der Waals surface area contributed by atoms with E-state index in [0.29, 0.717) is 16.3 Å². The minimum atomic E-state index is -1.28. The average molecular weight is 396 g/mol. The number of nitrogens with one attached hydrogen (secondary N) is 3. The van der Waals surface area contributed by atoms with E-state index in [9.17, 15) is 19.2 Å². The number of hydrogen-bond donors (Lipinski definition) is 3. The molecule has 9 heteroatoms. The first kappa shape index (κ1) is 19.9. The van der Waals surface area contributed by atoms with E-state index >= 15 is 0 Å². The molecule has 150 valence electrons. The van der Waals surface area contributed by atoms with Gasteiger partial charge in [-0.3, -0.25) is 20.3 Å². The second kappa shape index (κ2) is 8.01. The molecular weight excluding hydrogens is 376 g/mol. The minimum Gasteiger partial charge on any atom is -0.450 e. The summed E-state index contributed by atoms with van der Waals surface area (Å²) in [5.74, 6) is -1.24. The maximum atomic E-state index is 12.8. The molecule has 0 saturated carbocycles. The summed E-state index contributed by atoms with van der Waals surface area (Å²) in [6, 6.07) is 13.9. The topological polar surface area (TPSA) is 117 Å². The smallest absolute Gasteiger partial charge is 0.411 e. The number of ether oxygens (including phenoxy) is 1. The van der Waals surface area contributed by atoms with Crippen LogP contribution in [0.1, 0.15) is 29.8 Å². The van der Waals surface area contributed by atoms with Crippen LogP contribution in [-0.4, -0.2) is 35.6 Å². The van der Waals surface area contributed by atoms with Crippen LogP contribution in [0.2, 0.25) is 0 Å². The molecule has 1 aliphatic rings. The first-order valence-electron chi connectivity index (χ1n) is 8.92. The maximum Gasteiger partial charge on any atom is 0.411 e. The largest absolute Gasteiger partial charge is 0.450 e. The van der Waals surface area contributed by atoms with E-state index in [0.717, 1.165) is 0 Å². The summed E-state index contributed by atoms with van der Waals surface area (Å²) in [6.45, 7) is 3.50. The van der Waals surface area contributed by atoms with Crippen LogP contribution in [-0.2, 0) is 15.1 Å². The first-order chi connectivity index (χ1) is 13.8. The molecule has 1 fully saturated rings. The quantitative estimate of drug-likeness (QED) is 0.671. The summed E-state index contributed by atoms with van der Waals surface area (Å²) >= 11 is 0. The summed E-state index contributed by atoms with van der Waals surface area (Å²) in [5, 5.41) is 5.78. The minimum absolute atomic E-state index is 0.202. The summed E-state index contributed by atoms with van der Waals surface area (Å²) in [6.07, 6.45) is -0.607. The zero-order chi connectivity index (χ0) is 21.0. The summed E-state index contributed by atoms with van der Waals surface area (Å²) in [5.41, 5.74) is 2.28. The Balaban J connectivity index is 1.70. The Kier molecular flexibility index (Phi) is 5.49. The van der Waals surface area contributed by atoms with Gasteiger partial charge < -0.3 is 10.1 Å². The Hall–Kier alpha value is -3.88. The highest BCUT2D eigenvalue weighted by Crippen LogP contribution is 2.27. The van der Waals surface area contributed by atoms with Gasteiger partial charge in [0.05, 0.1) is 6.61 Å². The Morgan fingerprint density at radius 3 is 2.34 bits per heavy atom. The Bertz CT molecular complexity index is 945. The van der Waals surface area contributed by atoms with Gasteiger partial charge in [-0.05, 0) is 43.7 Å². The fourth-order valence-corrected chi connectivity index (χ4v) is 2.86. The van der Waals surface area contributed by atoms with Crippen LogP contribution in [0, 0.1) is 0 Å². The van der Waals surface area contributed by atoms with Crippen molar-refractivity contribution in [3.05, 3.63) is 65.7 Å². The molecule has 0 aromatic heterocycles. The molecule has 3 N–H and O–H groups in total. The summed E-state index contributed by atoms with van der Waals surface area (Å²) in [7, 11) is 0. The molecule has 1 atom stereocenters. The van der Waals surface area contributed by atoms with Crippen LogP contribution in [0.25, 0.3) is 0 Å². The van der Waals surface area contributed by atoms with E-state index in [-0.39, 0.29) is 12.2 Å². The number of nitrogens with zero attached hydrogens (tertiary/aromatic N) is 1. The molecule has 29 heavy (non-hydrogen) atoms. The summed E-state index contributed by atoms with van der Waals surface area (Å²) < 4.78 is 4.77. The van der Waals surface area contributed by atoms with Crippen molar-refractivity contribution < 1.29 is 23.9 Å². The third-order valence-electron chi connectivity index (χ3n) is 4.42. The van der Waals surface area contributed by atoms with E-state index in [4.69, 9.17) is 4.74 Å². The molecule has 9 nitrogen and oxygen atoms in total. The van der Waals surface area contributed by atoms with Gasteiger partial charge >= 0.3 is 12.1 Å². The predicted molar refractivity (Wildman–Crippen MR) is 104 cm³/mol. The lowest BCUT2D eigenvalue weighted by molar-refractivity contribution is -0.132. The molecule has 0 bridgehead atoms. The molecular formula is C20H20N4O5. The number of rotatable bonds is 5. The molecule has 1 heterocycles. The van der Waals surface area contributed by atoms with Crippen LogP contribution in [0.3, 0.4) is 0 Å². The maximum absolute atomic E-state index is 12.8. The monoisotopic (exact) mass is 396 g/mol. The van der Waals surface area contributed by atoms with Crippen LogP contribution in [0.4, 0.5) is 15.3 Å². The van der Waals surface area contributed by atoms with E-state index in [2.05, 4.69) is 16.1 Å². The Morgan fingerprint density at radius 2 is 1.72 bits per heavy atom. The van der Waals surface area contributed by atoms with E-state index in [1.165, 1.54) is 24.3 Å². The van der Waals surface area contributed by atoms with Crippen molar-refractivity contribution in [3.63, 3.8) is 0 Å². The number of hydrogen-bond acceptors (Lipinski definition) is 5. The lowest BCUT2D eigenvalue weighted by Crippen LogP contribution is -2.47. The van der Waals surface area contributed by atoms with E-state index in [1.807, 2.05) is 0 Å². The number of urea groups is 1. The standard InChI is InChI=1S/C20H20N4O5/c1-3-29-19(28)21-15-11-9-13(10-12-15)16(25)23-24-17(26)20(2,22-18(24)27)14-7-5-4-6-8-14/h4-12H,3H2,1-2H3,(H,21,28)(H,22,27)(H,23,25)/t20-/m0/s1. The average Bonchev–Trinajstić information content (AvgIpc) is 2.93. The van der Waals surface area contributed by atoms with Gasteiger partial charge in [0.25, 0.3) is 11.8 Å². The van der Waals surface area contributed by atoms with Crippen LogP contribution in [0.15, 0.2) is 54.6 Å². The number of hydrazine groups is 1. The number of benzene rings is 2. The molecule has 2 aromatic carbocycles. The van der Waals surface area contributed by atoms with Crippen LogP contribution in [0.5, 0.6) is 0 Å². The van der Waals surface area contributed by atoms with Gasteiger partial charge in [0, 0.05) is 11.3 Å². The van der Waals surface area contributed by atoms with Crippen LogP contribution >= 0.6 is 0 Å². The highest BCUT2D eigenvalue weighted by Gasteiger charge is 2.50. The molecule has 0 spiro atoms. The first-order valence-corrected chi connectivity index (χ1v) is 8.92. The fraction of sp³-hybridized carbons (Fsp3) is 0.200. The van der Waals surface area contributed by atoms with Crippen molar-refractivity contribution in [1.29, 1.82) is 0 Å². The van der Waals surface area contributed by atoms with Crippen molar-refractivity contribution in [3.8, 4) is 0 Å². The van der Waals surface area contributed by atoms with Crippen molar-refractivity contribution in [1.82, 2.24) is 15.8 Å². The van der Waals surface area contributed by atoms with Gasteiger partial charge in [0.15, 0.2) is 0 Å². The molecule has 0 unspecified atom stereocenters. The fourth-order valence-electron chi connectivity index (χ4n) is 2.86. The van der Waals surface area contributed by atoms with Gasteiger partial charge in [-0.15, -0.1) is 0 Å². The SMILES string of the molecule is CCOC(=O)Nc1ccc(C(=O)NN2C(=O)N[C@@](C)(c3ccccc3)C2=O)cc1. The van der Waals surface area contributed by atoms with E-state index in [1.54, 1.807) is 44.2 Å². The van der Waals surface area contributed by atoms with Crippen molar-refractivity contribution in [2.75, 3.05) is 11.9 Å². The number of imide groups is 1. The second-order valence-corrected chi connectivity index (χ2v) is 6.43. The molecule has 5 amide bonds. The molecule has 0 aliphatic carbocycles. The highest BCUT2D eigenvalue weighted by molar-refractivity contribution is 6.09. The molecule has 2 aromatic rings. The molecule has 1 saturated heterocycles. The molecule has 0 radical (unpaired) electrons. The Morgan fingerprint density at radius 1 is 1.07 bits per heavy atom. The van der Waals surface area contributed by atoms with Gasteiger partial charge in [-0.1, -0.05) is 30.3 Å². The lowest BCUT2D eigenvalue weighted by Gasteiger charge is -2.22. The second-order valence-electron chi connectivity index (χ2n) is 6.43. The van der Waals surface area contributed by atoms with Crippen molar-refractivity contribution in [2.24, 2.45) is 0 Å². The van der Waals surface area contributed by atoms with Crippen LogP contribution < -0.4 is 16.1 Å². The lowest BCUT2D eigenvalue weighted by atomic mass is 9.92. The van der Waals surface area contributed by atoms with Gasteiger partial charge in [-0.2, -0.15) is 5.01 Å². The number of anilines is 1. The summed E-state index contributed by atoms with van der Waals surface area (Å²) in [4.78, 5) is 49.0. The predicted octanol–water partition coefficient (Wildman–Crippen LogP) is 2.37. The number of amides is 5. The normalized spacial score (nSPS) is 18.2. The van der Waals surface area contributed by atoms with Crippen molar-refractivity contribution in [2.45, 2.75) is 19.4 Å². The van der Waals surface area contributed by atoms with Crippen molar-refractivity contribution >= 4 is 29.6 Å². The number of carbonyl (C=O) groups excluding carboxylic acids is 4.